The molecule has 0 amide bonds. The first-order chi connectivity index (χ1) is 5.89. The number of nitrogens with zero attached hydrogens (tertiary/aromatic N) is 1. The van der Waals surface area contributed by atoms with Crippen molar-refractivity contribution < 1.29 is 21.6 Å². The Morgan fingerprint density at radius 2 is 2.00 bits per heavy atom. The second-order valence-electron chi connectivity index (χ2n) is 2.20. The minimum atomic E-state index is -4.50. The second kappa shape index (κ2) is 3.25. The quantitative estimate of drug-likeness (QED) is 0.650. The summed E-state index contributed by atoms with van der Waals surface area (Å²) in [6.45, 7) is 0. The van der Waals surface area contributed by atoms with Crippen LogP contribution in [0.15, 0.2) is 18.5 Å². The van der Waals surface area contributed by atoms with Crippen LogP contribution in [0.1, 0.15) is 5.56 Å². The Hall–Kier alpha value is -1.24. The molecule has 1 aromatic heterocycles. The first kappa shape index (κ1) is 9.85. The number of alkyl halides is 3. The van der Waals surface area contributed by atoms with Crippen molar-refractivity contribution >= 4 is 15.7 Å². The summed E-state index contributed by atoms with van der Waals surface area (Å²) in [5.74, 6) is 0. The molecule has 1 heterocycles. The van der Waals surface area contributed by atoms with Crippen LogP contribution < -0.4 is 0 Å². The predicted octanol–water partition coefficient (Wildman–Crippen LogP) is 0.994. The van der Waals surface area contributed by atoms with Gasteiger partial charge in [-0.05, 0) is 6.07 Å². The Kier molecular flexibility index (Phi) is 2.46. The van der Waals surface area contributed by atoms with Crippen LogP contribution in [0.3, 0.4) is 0 Å². The second-order valence-corrected chi connectivity index (χ2v) is 2.95. The van der Waals surface area contributed by atoms with E-state index >= 15 is 0 Å². The molecule has 72 valence electrons. The number of halogens is 3. The molecule has 0 bridgehead atoms. The van der Waals surface area contributed by atoms with Crippen LogP contribution >= 0.6 is 0 Å². The Labute approximate surface area is 72.9 Å². The van der Waals surface area contributed by atoms with Crippen LogP contribution in [-0.4, -0.2) is 18.4 Å². The van der Waals surface area contributed by atoms with Crippen LogP contribution in [0.4, 0.5) is 13.2 Å². The maximum absolute atomic E-state index is 11.9. The van der Waals surface area contributed by atoms with Crippen molar-refractivity contribution in [3.8, 4) is 0 Å². The molecule has 1 rings (SSSR count). The largest absolute Gasteiger partial charge is 0.488 e. The number of hydrogen-bond acceptors (Lipinski definition) is 2. The summed E-state index contributed by atoms with van der Waals surface area (Å²) in [6.07, 6.45) is -3.06. The van der Waals surface area contributed by atoms with Gasteiger partial charge in [-0.25, -0.2) is 0 Å². The molecule has 0 aromatic carbocycles. The zero-order valence-electron chi connectivity index (χ0n) is 6.12. The average molecular weight is 211 g/mol. The molecular weight excluding hydrogens is 207 g/mol. The van der Waals surface area contributed by atoms with E-state index in [0.29, 0.717) is 11.6 Å². The normalized spacial score (nSPS) is 11.3. The van der Waals surface area contributed by atoms with Crippen molar-refractivity contribution in [3.63, 3.8) is 0 Å². The summed E-state index contributed by atoms with van der Waals surface area (Å²) in [6, 6.07) is 1.06. The van der Waals surface area contributed by atoms with E-state index in [1.54, 1.807) is 0 Å². The molecule has 0 unspecified atom stereocenters. The van der Waals surface area contributed by atoms with Gasteiger partial charge >= 0.3 is 6.30 Å². The van der Waals surface area contributed by atoms with Crippen LogP contribution in [-0.2, 0) is 16.6 Å². The molecule has 0 aliphatic carbocycles. The molecular formula is C6H4F3NO2S. The Morgan fingerprint density at radius 1 is 1.38 bits per heavy atom. The van der Waals surface area contributed by atoms with E-state index in [4.69, 9.17) is 0 Å². The van der Waals surface area contributed by atoms with Crippen molar-refractivity contribution in [2.75, 3.05) is 0 Å². The highest BCUT2D eigenvalue weighted by atomic mass is 32.2. The molecule has 0 atom stereocenters. The van der Waals surface area contributed by atoms with E-state index in [2.05, 4.69) is 0 Å². The van der Waals surface area contributed by atoms with Gasteiger partial charge in [0.2, 0.25) is 10.3 Å². The van der Waals surface area contributed by atoms with Gasteiger partial charge < -0.3 is 0 Å². The minimum absolute atomic E-state index is 0.00865. The van der Waals surface area contributed by atoms with Gasteiger partial charge in [-0.1, -0.05) is 0 Å². The third-order valence-electron chi connectivity index (χ3n) is 1.24. The molecule has 3 nitrogen and oxygen atoms in total. The Morgan fingerprint density at radius 3 is 2.38 bits per heavy atom. The van der Waals surface area contributed by atoms with Crippen LogP contribution in [0, 0.1) is 0 Å². The zero-order valence-corrected chi connectivity index (χ0v) is 6.93. The minimum Gasteiger partial charge on any atom is -0.266 e. The van der Waals surface area contributed by atoms with Crippen LogP contribution in [0.2, 0.25) is 0 Å². The lowest BCUT2D eigenvalue weighted by molar-refractivity contribution is -0.203. The van der Waals surface area contributed by atoms with Gasteiger partial charge in [0.25, 0.3) is 0 Å². The summed E-state index contributed by atoms with van der Waals surface area (Å²) < 4.78 is 55.9. The van der Waals surface area contributed by atoms with Crippen molar-refractivity contribution in [3.05, 3.63) is 24.0 Å². The molecule has 0 fully saturated rings. The monoisotopic (exact) mass is 211 g/mol. The molecule has 0 radical (unpaired) electrons. The van der Waals surface area contributed by atoms with Gasteiger partial charge in [-0.15, -0.1) is 13.2 Å². The van der Waals surface area contributed by atoms with Gasteiger partial charge in [-0.3, -0.25) is 4.57 Å². The lowest BCUT2D eigenvalue weighted by Gasteiger charge is -2.05. The third-order valence-corrected chi connectivity index (χ3v) is 1.71. The number of rotatable bonds is 1. The summed E-state index contributed by atoms with van der Waals surface area (Å²) in [7, 11) is -2.49. The van der Waals surface area contributed by atoms with Crippen LogP contribution in [0.5, 0.6) is 0 Å². The van der Waals surface area contributed by atoms with Crippen molar-refractivity contribution in [2.45, 2.75) is 6.30 Å². The average Bonchev–Trinajstić information content (AvgIpc) is 2.32. The highest BCUT2D eigenvalue weighted by molar-refractivity contribution is 7.71. The SMILES string of the molecule is O=S(=O)=Cc1ccn(C(F)(F)F)c1. The predicted molar refractivity (Wildman–Crippen MR) is 39.8 cm³/mol. The summed E-state index contributed by atoms with van der Waals surface area (Å²) in [5.41, 5.74) is -0.00865. The zero-order chi connectivity index (χ0) is 10.1. The summed E-state index contributed by atoms with van der Waals surface area (Å²) in [4.78, 5) is 0. The van der Waals surface area contributed by atoms with E-state index in [0.717, 1.165) is 12.3 Å². The van der Waals surface area contributed by atoms with Crippen molar-refractivity contribution in [1.82, 2.24) is 4.57 Å². The molecule has 0 aliphatic rings. The molecule has 0 aliphatic heterocycles. The molecule has 0 spiro atoms. The first-order valence-corrected chi connectivity index (χ1v) is 4.21. The lowest BCUT2D eigenvalue weighted by atomic mass is 10.4. The molecule has 13 heavy (non-hydrogen) atoms. The number of aromatic nitrogens is 1. The summed E-state index contributed by atoms with van der Waals surface area (Å²) >= 11 is 0. The van der Waals surface area contributed by atoms with Crippen LogP contribution in [0.25, 0.3) is 0 Å². The van der Waals surface area contributed by atoms with Gasteiger partial charge in [0.15, 0.2) is 0 Å². The van der Waals surface area contributed by atoms with E-state index < -0.39 is 16.6 Å². The fourth-order valence-corrected chi connectivity index (χ4v) is 1.11. The topological polar surface area (TPSA) is 39.1 Å². The van der Waals surface area contributed by atoms with E-state index in [1.807, 2.05) is 0 Å². The molecule has 0 saturated heterocycles. The molecule has 7 heteroatoms. The van der Waals surface area contributed by atoms with E-state index in [-0.39, 0.29) is 10.1 Å². The Balaban J connectivity index is 3.07. The lowest BCUT2D eigenvalue weighted by Crippen LogP contribution is -2.13. The smallest absolute Gasteiger partial charge is 0.266 e. The highest BCUT2D eigenvalue weighted by Gasteiger charge is 2.29. The Bertz CT molecular complexity index is 421. The first-order valence-electron chi connectivity index (χ1n) is 3.08. The molecule has 0 saturated carbocycles. The van der Waals surface area contributed by atoms with Gasteiger partial charge in [0.05, 0.1) is 5.37 Å². The van der Waals surface area contributed by atoms with Gasteiger partial charge in [-0.2, -0.15) is 8.42 Å². The van der Waals surface area contributed by atoms with E-state index in [9.17, 15) is 21.6 Å². The third kappa shape index (κ3) is 2.62. The maximum atomic E-state index is 11.9. The van der Waals surface area contributed by atoms with Crippen molar-refractivity contribution in [2.24, 2.45) is 0 Å². The number of hydrogen-bond donors (Lipinski definition) is 0. The highest BCUT2D eigenvalue weighted by Crippen LogP contribution is 2.22. The fraction of sp³-hybridized carbons (Fsp3) is 0.167. The maximum Gasteiger partial charge on any atom is 0.488 e. The standard InChI is InChI=1S/C6H4F3NO2S/c7-6(8,9)10-2-1-5(3-10)4-13(11)12/h1-4H. The molecule has 1 aromatic rings. The van der Waals surface area contributed by atoms with Crippen molar-refractivity contribution in [1.29, 1.82) is 0 Å². The van der Waals surface area contributed by atoms with Gasteiger partial charge in [0.1, 0.15) is 0 Å². The van der Waals surface area contributed by atoms with E-state index in [1.165, 1.54) is 0 Å². The summed E-state index contributed by atoms with van der Waals surface area (Å²) in [5, 5.41) is 0.697. The van der Waals surface area contributed by atoms with Gasteiger partial charge in [0, 0.05) is 18.0 Å². The fourth-order valence-electron chi connectivity index (χ4n) is 0.752. The molecule has 0 N–H and O–H groups in total.